The van der Waals surface area contributed by atoms with E-state index in [0.717, 1.165) is 0 Å². The van der Waals surface area contributed by atoms with E-state index in [2.05, 4.69) is 13.6 Å². The van der Waals surface area contributed by atoms with E-state index < -0.39 is 7.82 Å². The van der Waals surface area contributed by atoms with E-state index in [1.807, 2.05) is 0 Å². The molecule has 1 fully saturated rings. The molecule has 0 aromatic heterocycles. The van der Waals surface area contributed by atoms with Gasteiger partial charge < -0.3 is 0 Å². The van der Waals surface area contributed by atoms with E-state index in [0.29, 0.717) is 13.2 Å². The second-order valence-electron chi connectivity index (χ2n) is 1.30. The highest BCUT2D eigenvalue weighted by Gasteiger charge is 2.29. The van der Waals surface area contributed by atoms with Crippen molar-refractivity contribution in [1.82, 2.24) is 0 Å². The number of phosphoric acid groups is 1. The molecule has 48 valence electrons. The summed E-state index contributed by atoms with van der Waals surface area (Å²) in [6.07, 6.45) is 0. The number of phosphoric ester groups is 1. The van der Waals surface area contributed by atoms with Gasteiger partial charge in [-0.15, -0.1) is 0 Å². The van der Waals surface area contributed by atoms with Gasteiger partial charge in [0.15, 0.2) is 0 Å². The summed E-state index contributed by atoms with van der Waals surface area (Å²) >= 11 is 0. The molecule has 1 rings (SSSR count). The molecule has 1 heterocycles. The quantitative estimate of drug-likeness (QED) is 0.502. The lowest BCUT2D eigenvalue weighted by atomic mass is 10.8. The fraction of sp³-hybridized carbons (Fsp3) is 1.00. The van der Waals surface area contributed by atoms with Gasteiger partial charge in [0.2, 0.25) is 0 Å². The van der Waals surface area contributed by atoms with Gasteiger partial charge >= 0.3 is 7.82 Å². The van der Waals surface area contributed by atoms with Crippen molar-refractivity contribution in [2.75, 3.05) is 20.3 Å². The third kappa shape index (κ3) is 1.09. The maximum atomic E-state index is 10.7. The molecule has 0 radical (unpaired) electrons. The van der Waals surface area contributed by atoms with Crippen LogP contribution in [-0.4, -0.2) is 20.3 Å². The van der Waals surface area contributed by atoms with Crippen molar-refractivity contribution in [3.05, 3.63) is 0 Å². The van der Waals surface area contributed by atoms with Crippen LogP contribution in [0.5, 0.6) is 0 Å². The van der Waals surface area contributed by atoms with Crippen LogP contribution < -0.4 is 0 Å². The predicted molar refractivity (Wildman–Crippen MR) is 26.5 cm³/mol. The van der Waals surface area contributed by atoms with E-state index in [9.17, 15) is 4.57 Å². The molecule has 0 N–H and O–H groups in total. The van der Waals surface area contributed by atoms with Gasteiger partial charge in [-0.2, -0.15) is 0 Å². The summed E-state index contributed by atoms with van der Waals surface area (Å²) in [6, 6.07) is 0. The van der Waals surface area contributed by atoms with Gasteiger partial charge in [-0.1, -0.05) is 0 Å². The summed E-state index contributed by atoms with van der Waals surface area (Å²) in [7, 11) is -1.75. The largest absolute Gasteiger partial charge is 0.474 e. The van der Waals surface area contributed by atoms with Crippen molar-refractivity contribution in [3.8, 4) is 0 Å². The second kappa shape index (κ2) is 2.15. The average molecular weight is 138 g/mol. The second-order valence-corrected chi connectivity index (χ2v) is 3.07. The molecule has 4 nitrogen and oxygen atoms in total. The normalized spacial score (nSPS) is 26.1. The standard InChI is InChI=1S/C3H7O4P/c1-5-8(4)6-2-3-7-8/h2-3H2,1H3. The van der Waals surface area contributed by atoms with Gasteiger partial charge in [0, 0.05) is 7.11 Å². The van der Waals surface area contributed by atoms with Crippen LogP contribution in [0.15, 0.2) is 0 Å². The van der Waals surface area contributed by atoms with Crippen molar-refractivity contribution in [1.29, 1.82) is 0 Å². The topological polar surface area (TPSA) is 44.8 Å². The van der Waals surface area contributed by atoms with Crippen LogP contribution in [0.2, 0.25) is 0 Å². The van der Waals surface area contributed by atoms with Gasteiger partial charge in [-0.3, -0.25) is 13.6 Å². The van der Waals surface area contributed by atoms with Gasteiger partial charge in [0.1, 0.15) is 0 Å². The van der Waals surface area contributed by atoms with Gasteiger partial charge in [0.05, 0.1) is 13.2 Å². The Kier molecular flexibility index (Phi) is 1.68. The van der Waals surface area contributed by atoms with E-state index in [1.165, 1.54) is 7.11 Å². The average Bonchev–Trinajstić information content (AvgIpc) is 2.17. The first-order valence-corrected chi connectivity index (χ1v) is 3.68. The molecule has 0 aromatic carbocycles. The predicted octanol–water partition coefficient (Wildman–Crippen LogP) is 0.788. The molecular weight excluding hydrogens is 131 g/mol. The van der Waals surface area contributed by atoms with Gasteiger partial charge in [-0.25, -0.2) is 4.57 Å². The number of rotatable bonds is 1. The minimum Gasteiger partial charge on any atom is -0.290 e. The summed E-state index contributed by atoms with van der Waals surface area (Å²) in [5.74, 6) is 0. The van der Waals surface area contributed by atoms with Crippen LogP contribution in [0, 0.1) is 0 Å². The number of hydrogen-bond acceptors (Lipinski definition) is 4. The molecule has 1 aliphatic rings. The minimum absolute atomic E-state index is 0.366. The molecule has 0 atom stereocenters. The van der Waals surface area contributed by atoms with E-state index >= 15 is 0 Å². The Morgan fingerprint density at radius 3 is 2.25 bits per heavy atom. The highest BCUT2D eigenvalue weighted by molar-refractivity contribution is 7.48. The Bertz CT molecular complexity index is 112. The summed E-state index contributed by atoms with van der Waals surface area (Å²) in [5, 5.41) is 0. The lowest BCUT2D eigenvalue weighted by Gasteiger charge is -2.02. The van der Waals surface area contributed by atoms with Gasteiger partial charge in [-0.05, 0) is 0 Å². The van der Waals surface area contributed by atoms with Crippen molar-refractivity contribution >= 4 is 7.82 Å². The molecule has 1 saturated heterocycles. The lowest BCUT2D eigenvalue weighted by molar-refractivity contribution is 0.226. The zero-order valence-electron chi connectivity index (χ0n) is 4.49. The Morgan fingerprint density at radius 1 is 1.50 bits per heavy atom. The first-order valence-electron chi connectivity index (χ1n) is 2.22. The van der Waals surface area contributed by atoms with E-state index in [1.54, 1.807) is 0 Å². The Hall–Kier alpha value is 0.110. The van der Waals surface area contributed by atoms with Crippen LogP contribution in [0.1, 0.15) is 0 Å². The first-order chi connectivity index (χ1) is 3.77. The highest BCUT2D eigenvalue weighted by atomic mass is 31.2. The molecule has 1 aliphatic heterocycles. The SMILES string of the molecule is COP1(=O)OCCO1. The van der Waals surface area contributed by atoms with Crippen LogP contribution in [0.3, 0.4) is 0 Å². The third-order valence-corrected chi connectivity index (χ3v) is 2.25. The first kappa shape index (κ1) is 6.23. The van der Waals surface area contributed by atoms with Crippen molar-refractivity contribution in [2.45, 2.75) is 0 Å². The Labute approximate surface area is 47.4 Å². The molecule has 0 bridgehead atoms. The van der Waals surface area contributed by atoms with Crippen molar-refractivity contribution in [3.63, 3.8) is 0 Å². The molecule has 0 unspecified atom stereocenters. The molecule has 0 aromatic rings. The Morgan fingerprint density at radius 2 is 2.00 bits per heavy atom. The smallest absolute Gasteiger partial charge is 0.290 e. The minimum atomic E-state index is -3.05. The number of hydrogen-bond donors (Lipinski definition) is 0. The summed E-state index contributed by atoms with van der Waals surface area (Å²) < 4.78 is 24.3. The van der Waals surface area contributed by atoms with Gasteiger partial charge in [0.25, 0.3) is 0 Å². The maximum Gasteiger partial charge on any atom is 0.474 e. The molecule has 0 aliphatic carbocycles. The van der Waals surface area contributed by atoms with Crippen molar-refractivity contribution in [2.24, 2.45) is 0 Å². The molecule has 0 amide bonds. The Balaban J connectivity index is 2.53. The molecular formula is C3H7O4P. The summed E-state index contributed by atoms with van der Waals surface area (Å²) in [6.45, 7) is 0.732. The molecule has 0 spiro atoms. The zero-order valence-corrected chi connectivity index (χ0v) is 5.39. The molecule has 0 saturated carbocycles. The summed E-state index contributed by atoms with van der Waals surface area (Å²) in [5.41, 5.74) is 0. The fourth-order valence-corrected chi connectivity index (χ4v) is 1.32. The van der Waals surface area contributed by atoms with Crippen LogP contribution >= 0.6 is 7.82 Å². The fourth-order valence-electron chi connectivity index (χ4n) is 0.441. The van der Waals surface area contributed by atoms with Crippen LogP contribution in [0.4, 0.5) is 0 Å². The van der Waals surface area contributed by atoms with Crippen molar-refractivity contribution < 1.29 is 18.1 Å². The van der Waals surface area contributed by atoms with E-state index in [-0.39, 0.29) is 0 Å². The maximum absolute atomic E-state index is 10.7. The van der Waals surface area contributed by atoms with Crippen LogP contribution in [0.25, 0.3) is 0 Å². The lowest BCUT2D eigenvalue weighted by Crippen LogP contribution is -1.81. The van der Waals surface area contributed by atoms with E-state index in [4.69, 9.17) is 0 Å². The highest BCUT2D eigenvalue weighted by Crippen LogP contribution is 2.51. The molecule has 5 heteroatoms. The molecule has 8 heavy (non-hydrogen) atoms. The third-order valence-electron chi connectivity index (χ3n) is 0.806. The monoisotopic (exact) mass is 138 g/mol. The zero-order chi connectivity index (χ0) is 6.04. The van der Waals surface area contributed by atoms with Crippen LogP contribution in [-0.2, 0) is 18.1 Å². The summed E-state index contributed by atoms with van der Waals surface area (Å²) in [4.78, 5) is 0.